The van der Waals surface area contributed by atoms with Crippen LogP contribution >= 0.6 is 23.2 Å². The largest absolute Gasteiger partial charge is 0.465 e. The Balaban J connectivity index is 1.84. The van der Waals surface area contributed by atoms with E-state index in [2.05, 4.69) is 10.3 Å². The molecule has 0 aliphatic carbocycles. The molecule has 1 aromatic heterocycles. The van der Waals surface area contributed by atoms with Gasteiger partial charge in [-0.3, -0.25) is 14.3 Å². The molecule has 222 valence electrons. The molecule has 0 saturated carbocycles. The third-order valence-electron chi connectivity index (χ3n) is 6.91. The van der Waals surface area contributed by atoms with E-state index in [1.165, 1.54) is 25.1 Å². The first-order chi connectivity index (χ1) is 19.1. The molecule has 3 aromatic rings. The number of fused-ring (bicyclic) bond motifs is 1. The van der Waals surface area contributed by atoms with E-state index in [-0.39, 0.29) is 45.4 Å². The molecule has 0 radical (unpaired) electrons. The summed E-state index contributed by atoms with van der Waals surface area (Å²) in [6.07, 6.45) is -5.13. The molecule has 10 nitrogen and oxygen atoms in total. The van der Waals surface area contributed by atoms with Gasteiger partial charge in [0.15, 0.2) is 9.84 Å². The molecule has 1 atom stereocenters. The van der Waals surface area contributed by atoms with Gasteiger partial charge in [-0.05, 0) is 54.8 Å². The summed E-state index contributed by atoms with van der Waals surface area (Å²) < 4.78 is 68.5. The first-order valence-corrected chi connectivity index (χ1v) is 14.8. The number of H-pyrrole nitrogens is 1. The average Bonchev–Trinajstić information content (AvgIpc) is 2.87. The summed E-state index contributed by atoms with van der Waals surface area (Å²) in [5.74, 6) is -0.276. The number of likely N-dealkylation sites (tertiary alicyclic amines) is 1. The highest BCUT2D eigenvalue weighted by atomic mass is 35.5. The van der Waals surface area contributed by atoms with Crippen LogP contribution in [-0.2, 0) is 29.1 Å². The van der Waals surface area contributed by atoms with Crippen LogP contribution in [0.5, 0.6) is 0 Å². The Bertz CT molecular complexity index is 1740. The van der Waals surface area contributed by atoms with Crippen molar-refractivity contribution >= 4 is 50.0 Å². The molecule has 1 unspecified atom stereocenters. The summed E-state index contributed by atoms with van der Waals surface area (Å²) in [5, 5.41) is 10.5. The standard InChI is InChI=1S/C25H25Cl2F3N4O6S/c1-2-41(39,40)19-6-5-14(26)8-13(19)10-34-22(35)16-9-18(25(28,29)30)17(20(27)21(16)32-23(34)36)12-33-7-3-4-15(11-33)31-24(37)38/h5-6,8-9,15,31H,2-4,7,10-12H2,1H3,(H,32,36)(H,37,38). The van der Waals surface area contributed by atoms with Crippen LogP contribution in [0.3, 0.4) is 0 Å². The van der Waals surface area contributed by atoms with E-state index in [1.807, 2.05) is 0 Å². The van der Waals surface area contributed by atoms with Crippen molar-refractivity contribution < 1.29 is 31.5 Å². The van der Waals surface area contributed by atoms with Gasteiger partial charge in [-0.2, -0.15) is 13.2 Å². The summed E-state index contributed by atoms with van der Waals surface area (Å²) in [5.41, 5.74) is -3.97. The number of aromatic nitrogens is 2. The molecule has 1 aliphatic rings. The number of benzene rings is 2. The van der Waals surface area contributed by atoms with Gasteiger partial charge >= 0.3 is 18.0 Å². The molecule has 4 rings (SSSR count). The van der Waals surface area contributed by atoms with Crippen molar-refractivity contribution in [1.82, 2.24) is 19.8 Å². The van der Waals surface area contributed by atoms with Gasteiger partial charge in [0.1, 0.15) is 0 Å². The molecular formula is C25H25Cl2F3N4O6S. The molecule has 1 aliphatic heterocycles. The van der Waals surface area contributed by atoms with E-state index in [0.29, 0.717) is 30.0 Å². The Kier molecular flexibility index (Phi) is 8.79. The lowest BCUT2D eigenvalue weighted by Gasteiger charge is -2.33. The lowest BCUT2D eigenvalue weighted by atomic mass is 10.0. The lowest BCUT2D eigenvalue weighted by Crippen LogP contribution is -2.47. The van der Waals surface area contributed by atoms with E-state index in [0.717, 1.165) is 0 Å². The smallest absolute Gasteiger partial charge is 0.416 e. The minimum absolute atomic E-state index is 0.0136. The molecule has 2 aromatic carbocycles. The third-order valence-corrected chi connectivity index (χ3v) is 9.39. The number of piperidine rings is 1. The van der Waals surface area contributed by atoms with Crippen LogP contribution in [0.4, 0.5) is 18.0 Å². The third kappa shape index (κ3) is 6.55. The van der Waals surface area contributed by atoms with Crippen molar-refractivity contribution in [3.05, 3.63) is 71.8 Å². The number of rotatable bonds is 7. The number of sulfone groups is 1. The Morgan fingerprint density at radius 1 is 1.20 bits per heavy atom. The molecule has 16 heteroatoms. The number of amides is 1. The SMILES string of the molecule is CCS(=O)(=O)c1ccc(Cl)cc1Cn1c(=O)[nH]c2c(Cl)c(CN3CCCC(NC(=O)O)C3)c(C(F)(F)F)cc2c1=O. The highest BCUT2D eigenvalue weighted by Gasteiger charge is 2.37. The number of halogens is 5. The Morgan fingerprint density at radius 3 is 2.54 bits per heavy atom. The van der Waals surface area contributed by atoms with Crippen molar-refractivity contribution in [3.63, 3.8) is 0 Å². The molecular weight excluding hydrogens is 612 g/mol. The van der Waals surface area contributed by atoms with Gasteiger partial charge in [0, 0.05) is 24.2 Å². The number of hydrogen-bond donors (Lipinski definition) is 3. The summed E-state index contributed by atoms with van der Waals surface area (Å²) in [6, 6.07) is 3.96. The highest BCUT2D eigenvalue weighted by Crippen LogP contribution is 2.39. The summed E-state index contributed by atoms with van der Waals surface area (Å²) >= 11 is 12.4. The lowest BCUT2D eigenvalue weighted by molar-refractivity contribution is -0.138. The molecule has 41 heavy (non-hydrogen) atoms. The van der Waals surface area contributed by atoms with E-state index in [4.69, 9.17) is 28.3 Å². The number of alkyl halides is 3. The number of carbonyl (C=O) groups is 1. The minimum Gasteiger partial charge on any atom is -0.465 e. The topological polar surface area (TPSA) is 142 Å². The fourth-order valence-corrected chi connectivity index (χ4v) is 6.58. The van der Waals surface area contributed by atoms with Gasteiger partial charge in [0.2, 0.25) is 0 Å². The van der Waals surface area contributed by atoms with Crippen LogP contribution in [0.1, 0.15) is 36.5 Å². The monoisotopic (exact) mass is 636 g/mol. The van der Waals surface area contributed by atoms with Crippen LogP contribution in [-0.4, -0.2) is 59.0 Å². The van der Waals surface area contributed by atoms with E-state index in [9.17, 15) is 36.0 Å². The van der Waals surface area contributed by atoms with E-state index < -0.39 is 61.9 Å². The van der Waals surface area contributed by atoms with Gasteiger partial charge in [-0.1, -0.05) is 30.1 Å². The predicted octanol–water partition coefficient (Wildman–Crippen LogP) is 4.09. The molecule has 2 heterocycles. The molecule has 1 fully saturated rings. The normalized spacial score (nSPS) is 16.7. The predicted molar refractivity (Wildman–Crippen MR) is 147 cm³/mol. The Labute approximate surface area is 241 Å². The fourth-order valence-electron chi connectivity index (χ4n) is 4.96. The number of nitrogens with one attached hydrogen (secondary N) is 2. The molecule has 1 amide bonds. The number of hydrogen-bond acceptors (Lipinski definition) is 6. The van der Waals surface area contributed by atoms with Gasteiger partial charge in [-0.15, -0.1) is 0 Å². The van der Waals surface area contributed by atoms with Crippen LogP contribution in [0.25, 0.3) is 10.9 Å². The van der Waals surface area contributed by atoms with E-state index in [1.54, 1.807) is 4.90 Å². The molecule has 1 saturated heterocycles. The van der Waals surface area contributed by atoms with Crippen molar-refractivity contribution in [3.8, 4) is 0 Å². The summed E-state index contributed by atoms with van der Waals surface area (Å²) in [4.78, 5) is 41.3. The fraction of sp³-hybridized carbons (Fsp3) is 0.400. The van der Waals surface area contributed by atoms with E-state index >= 15 is 0 Å². The molecule has 0 spiro atoms. The second-order valence-corrected chi connectivity index (χ2v) is 12.7. The zero-order valence-corrected chi connectivity index (χ0v) is 23.8. The van der Waals surface area contributed by atoms with Crippen LogP contribution in [0.2, 0.25) is 10.0 Å². The van der Waals surface area contributed by atoms with Crippen molar-refractivity contribution in [2.75, 3.05) is 18.8 Å². The average molecular weight is 637 g/mol. The Morgan fingerprint density at radius 2 is 1.90 bits per heavy atom. The summed E-state index contributed by atoms with van der Waals surface area (Å²) in [7, 11) is -3.80. The van der Waals surface area contributed by atoms with Crippen LogP contribution in [0.15, 0.2) is 38.8 Å². The van der Waals surface area contributed by atoms with Gasteiger partial charge in [-0.25, -0.2) is 18.0 Å². The van der Waals surface area contributed by atoms with Crippen molar-refractivity contribution in [2.45, 2.75) is 50.0 Å². The quantitative estimate of drug-likeness (QED) is 0.355. The van der Waals surface area contributed by atoms with Gasteiger partial charge in [0.25, 0.3) is 5.56 Å². The summed E-state index contributed by atoms with van der Waals surface area (Å²) in [6.45, 7) is 1.04. The van der Waals surface area contributed by atoms with Crippen LogP contribution < -0.4 is 16.6 Å². The molecule has 3 N–H and O–H groups in total. The second kappa shape index (κ2) is 11.7. The zero-order chi connectivity index (χ0) is 30.3. The van der Waals surface area contributed by atoms with Crippen molar-refractivity contribution in [2.24, 2.45) is 0 Å². The molecule has 0 bridgehead atoms. The maximum atomic E-state index is 14.3. The van der Waals surface area contributed by atoms with Crippen LogP contribution in [0, 0.1) is 0 Å². The number of carboxylic acid groups (broad SMARTS) is 1. The van der Waals surface area contributed by atoms with Gasteiger partial charge in [0.05, 0.1) is 38.7 Å². The number of aromatic amines is 1. The maximum absolute atomic E-state index is 14.3. The maximum Gasteiger partial charge on any atom is 0.416 e. The second-order valence-electron chi connectivity index (χ2n) is 9.64. The first kappa shape index (κ1) is 30.9. The zero-order valence-electron chi connectivity index (χ0n) is 21.5. The highest BCUT2D eigenvalue weighted by molar-refractivity contribution is 7.91. The Hall–Kier alpha value is -3.07. The van der Waals surface area contributed by atoms with Gasteiger partial charge < -0.3 is 15.4 Å². The minimum atomic E-state index is -4.93. The van der Waals surface area contributed by atoms with Crippen molar-refractivity contribution in [1.29, 1.82) is 0 Å². The number of nitrogens with zero attached hydrogens (tertiary/aromatic N) is 2. The first-order valence-electron chi connectivity index (χ1n) is 12.4.